The third-order valence-corrected chi connectivity index (χ3v) is 2.78. The molecule has 0 aliphatic rings. The molecule has 0 saturated heterocycles. The molecule has 0 aromatic carbocycles. The topological polar surface area (TPSA) is 67.4 Å². The Bertz CT molecular complexity index is 264. The minimum absolute atomic E-state index is 0.00784. The number of ether oxygens (including phenoxy) is 1. The SMILES string of the molecule is COC(=O)N[C@H](C(=O)N[C@H](C)C(C)C)C(C)C. The van der Waals surface area contributed by atoms with Gasteiger partial charge in [0.1, 0.15) is 6.04 Å². The Morgan fingerprint density at radius 2 is 1.47 bits per heavy atom. The Labute approximate surface area is 103 Å². The van der Waals surface area contributed by atoms with Crippen LogP contribution in [0.1, 0.15) is 34.6 Å². The van der Waals surface area contributed by atoms with Crippen LogP contribution >= 0.6 is 0 Å². The molecule has 17 heavy (non-hydrogen) atoms. The highest BCUT2D eigenvalue weighted by Crippen LogP contribution is 2.05. The molecule has 5 nitrogen and oxygen atoms in total. The minimum Gasteiger partial charge on any atom is -0.453 e. The number of hydrogen-bond donors (Lipinski definition) is 2. The fourth-order valence-corrected chi connectivity index (χ4v) is 1.20. The van der Waals surface area contributed by atoms with Gasteiger partial charge in [0.05, 0.1) is 7.11 Å². The van der Waals surface area contributed by atoms with E-state index in [4.69, 9.17) is 0 Å². The Morgan fingerprint density at radius 1 is 0.941 bits per heavy atom. The summed E-state index contributed by atoms with van der Waals surface area (Å²) in [7, 11) is 1.28. The Hall–Kier alpha value is -1.26. The van der Waals surface area contributed by atoms with Gasteiger partial charge in [0.2, 0.25) is 5.91 Å². The first-order valence-electron chi connectivity index (χ1n) is 5.94. The smallest absolute Gasteiger partial charge is 0.407 e. The maximum Gasteiger partial charge on any atom is 0.407 e. The van der Waals surface area contributed by atoms with Crippen LogP contribution < -0.4 is 10.6 Å². The number of amides is 2. The summed E-state index contributed by atoms with van der Waals surface area (Å²) in [6.45, 7) is 9.75. The molecule has 0 bridgehead atoms. The molecule has 5 heteroatoms. The van der Waals surface area contributed by atoms with Crippen molar-refractivity contribution >= 4 is 12.0 Å². The molecule has 0 aromatic rings. The van der Waals surface area contributed by atoms with Gasteiger partial charge in [0, 0.05) is 6.04 Å². The zero-order valence-corrected chi connectivity index (χ0v) is 11.5. The quantitative estimate of drug-likeness (QED) is 0.770. The Balaban J connectivity index is 4.50. The van der Waals surface area contributed by atoms with Gasteiger partial charge in [-0.3, -0.25) is 4.79 Å². The van der Waals surface area contributed by atoms with Crippen LogP contribution in [0, 0.1) is 11.8 Å². The molecule has 2 amide bonds. The first kappa shape index (κ1) is 15.7. The van der Waals surface area contributed by atoms with Crippen molar-refractivity contribution in [2.24, 2.45) is 11.8 Å². The van der Waals surface area contributed by atoms with Gasteiger partial charge < -0.3 is 15.4 Å². The second-order valence-electron chi connectivity index (χ2n) is 4.90. The van der Waals surface area contributed by atoms with Gasteiger partial charge in [-0.05, 0) is 18.8 Å². The zero-order chi connectivity index (χ0) is 13.6. The van der Waals surface area contributed by atoms with Crippen LogP contribution in [-0.4, -0.2) is 31.2 Å². The van der Waals surface area contributed by atoms with Gasteiger partial charge >= 0.3 is 6.09 Å². The molecule has 0 spiro atoms. The van der Waals surface area contributed by atoms with Gasteiger partial charge in [0.25, 0.3) is 0 Å². The summed E-state index contributed by atoms with van der Waals surface area (Å²) in [5.41, 5.74) is 0. The molecule has 0 fully saturated rings. The van der Waals surface area contributed by atoms with E-state index in [0.29, 0.717) is 5.92 Å². The second-order valence-corrected chi connectivity index (χ2v) is 4.90. The van der Waals surface area contributed by atoms with Gasteiger partial charge in [-0.25, -0.2) is 4.79 Å². The lowest BCUT2D eigenvalue weighted by Crippen LogP contribution is -2.52. The van der Waals surface area contributed by atoms with Crippen molar-refractivity contribution in [2.45, 2.75) is 46.7 Å². The van der Waals surface area contributed by atoms with Crippen LogP contribution in [0.5, 0.6) is 0 Å². The normalized spacial score (nSPS) is 14.4. The molecule has 0 radical (unpaired) electrons. The molecule has 0 saturated carbocycles. The Morgan fingerprint density at radius 3 is 1.82 bits per heavy atom. The van der Waals surface area contributed by atoms with Crippen molar-refractivity contribution in [3.05, 3.63) is 0 Å². The number of nitrogens with one attached hydrogen (secondary N) is 2. The lowest BCUT2D eigenvalue weighted by atomic mass is 10.0. The van der Waals surface area contributed by atoms with E-state index in [1.807, 2.05) is 34.6 Å². The average Bonchev–Trinajstić information content (AvgIpc) is 2.24. The van der Waals surface area contributed by atoms with Crippen molar-refractivity contribution in [1.29, 1.82) is 0 Å². The van der Waals surface area contributed by atoms with E-state index in [1.54, 1.807) is 0 Å². The number of carbonyl (C=O) groups is 2. The number of hydrogen-bond acceptors (Lipinski definition) is 3. The lowest BCUT2D eigenvalue weighted by molar-refractivity contribution is -0.124. The van der Waals surface area contributed by atoms with Crippen LogP contribution in [0.15, 0.2) is 0 Å². The van der Waals surface area contributed by atoms with Gasteiger partial charge in [-0.1, -0.05) is 27.7 Å². The van der Waals surface area contributed by atoms with Crippen molar-refractivity contribution in [2.75, 3.05) is 7.11 Å². The molecule has 2 atom stereocenters. The Kier molecular flexibility index (Phi) is 6.61. The number of rotatable bonds is 5. The molecule has 0 rings (SSSR count). The fraction of sp³-hybridized carbons (Fsp3) is 0.833. The number of alkyl carbamates (subject to hydrolysis) is 1. The van der Waals surface area contributed by atoms with Crippen LogP contribution in [0.2, 0.25) is 0 Å². The van der Waals surface area contributed by atoms with Gasteiger partial charge in [-0.2, -0.15) is 0 Å². The summed E-state index contributed by atoms with van der Waals surface area (Å²) in [5, 5.41) is 5.42. The summed E-state index contributed by atoms with van der Waals surface area (Å²) in [4.78, 5) is 23.1. The lowest BCUT2D eigenvalue weighted by Gasteiger charge is -2.24. The molecular formula is C12H24N2O3. The maximum absolute atomic E-state index is 12.0. The number of methoxy groups -OCH3 is 1. The summed E-state index contributed by atoms with van der Waals surface area (Å²) in [6, 6.07) is -0.494. The summed E-state index contributed by atoms with van der Waals surface area (Å²) >= 11 is 0. The van der Waals surface area contributed by atoms with Gasteiger partial charge in [0.15, 0.2) is 0 Å². The van der Waals surface area contributed by atoms with E-state index in [0.717, 1.165) is 0 Å². The summed E-state index contributed by atoms with van der Waals surface area (Å²) < 4.78 is 4.50. The molecule has 100 valence electrons. The van der Waals surface area contributed by atoms with Crippen LogP contribution in [0.25, 0.3) is 0 Å². The zero-order valence-electron chi connectivity index (χ0n) is 11.5. The summed E-state index contributed by atoms with van der Waals surface area (Å²) in [6.07, 6.45) is -0.587. The molecule has 0 aliphatic heterocycles. The van der Waals surface area contributed by atoms with Crippen molar-refractivity contribution in [3.63, 3.8) is 0 Å². The van der Waals surface area contributed by atoms with E-state index in [2.05, 4.69) is 15.4 Å². The average molecular weight is 244 g/mol. The first-order valence-corrected chi connectivity index (χ1v) is 5.94. The first-order chi connectivity index (χ1) is 7.79. The van der Waals surface area contributed by atoms with E-state index < -0.39 is 12.1 Å². The largest absolute Gasteiger partial charge is 0.453 e. The molecular weight excluding hydrogens is 220 g/mol. The van der Waals surface area contributed by atoms with Crippen molar-refractivity contribution in [1.82, 2.24) is 10.6 Å². The third kappa shape index (κ3) is 5.56. The highest BCUT2D eigenvalue weighted by molar-refractivity contribution is 5.86. The van der Waals surface area contributed by atoms with Gasteiger partial charge in [-0.15, -0.1) is 0 Å². The molecule has 0 aromatic heterocycles. The fourth-order valence-electron chi connectivity index (χ4n) is 1.20. The standard InChI is InChI=1S/C12H24N2O3/c1-7(2)9(5)13-11(15)10(8(3)4)14-12(16)17-6/h7-10H,1-6H3,(H,13,15)(H,14,16)/t9-,10+/m1/s1. The summed E-state index contributed by atoms with van der Waals surface area (Å²) in [5.74, 6) is 0.185. The monoisotopic (exact) mass is 244 g/mol. The predicted molar refractivity (Wildman–Crippen MR) is 66.6 cm³/mol. The highest BCUT2D eigenvalue weighted by Gasteiger charge is 2.25. The van der Waals surface area contributed by atoms with Crippen LogP contribution in [0.3, 0.4) is 0 Å². The van der Waals surface area contributed by atoms with Crippen LogP contribution in [0.4, 0.5) is 4.79 Å². The van der Waals surface area contributed by atoms with Crippen molar-refractivity contribution in [3.8, 4) is 0 Å². The second kappa shape index (κ2) is 7.14. The number of carbonyl (C=O) groups excluding carboxylic acids is 2. The molecule has 2 N–H and O–H groups in total. The van der Waals surface area contributed by atoms with Crippen molar-refractivity contribution < 1.29 is 14.3 Å². The van der Waals surface area contributed by atoms with E-state index in [9.17, 15) is 9.59 Å². The van der Waals surface area contributed by atoms with E-state index in [-0.39, 0.29) is 17.9 Å². The maximum atomic E-state index is 12.0. The van der Waals surface area contributed by atoms with E-state index >= 15 is 0 Å². The van der Waals surface area contributed by atoms with E-state index in [1.165, 1.54) is 7.11 Å². The molecule has 0 aliphatic carbocycles. The van der Waals surface area contributed by atoms with Crippen LogP contribution in [-0.2, 0) is 9.53 Å². The minimum atomic E-state index is -0.587. The highest BCUT2D eigenvalue weighted by atomic mass is 16.5. The third-order valence-electron chi connectivity index (χ3n) is 2.78. The molecule has 0 heterocycles. The predicted octanol–water partition coefficient (Wildman–Crippen LogP) is 1.53. The molecule has 0 unspecified atom stereocenters.